The van der Waals surface area contributed by atoms with E-state index in [2.05, 4.69) is 16.8 Å². The summed E-state index contributed by atoms with van der Waals surface area (Å²) in [6.07, 6.45) is 4.72. The second kappa shape index (κ2) is 5.28. The number of H-pyrrole nitrogens is 1. The molecule has 1 heterocycles. The topological polar surface area (TPSA) is 37.8 Å². The zero-order valence-electron chi connectivity index (χ0n) is 9.01. The Morgan fingerprint density at radius 2 is 2.12 bits per heavy atom. The van der Waals surface area contributed by atoms with Crippen LogP contribution in [0.25, 0.3) is 5.69 Å². The van der Waals surface area contributed by atoms with E-state index < -0.39 is 0 Å². The van der Waals surface area contributed by atoms with Crippen LogP contribution in [0.1, 0.15) is 12.0 Å². The van der Waals surface area contributed by atoms with E-state index in [4.69, 9.17) is 12.2 Å². The van der Waals surface area contributed by atoms with Crippen molar-refractivity contribution in [3.05, 3.63) is 47.0 Å². The molecule has 1 N–H and O–H groups in total. The number of imidazole rings is 1. The van der Waals surface area contributed by atoms with Crippen LogP contribution in [0.15, 0.2) is 36.7 Å². The van der Waals surface area contributed by atoms with Gasteiger partial charge in [0.15, 0.2) is 4.77 Å². The summed E-state index contributed by atoms with van der Waals surface area (Å²) >= 11 is 5.13. The van der Waals surface area contributed by atoms with E-state index in [0.717, 1.165) is 17.5 Å². The Kier molecular flexibility index (Phi) is 3.53. The van der Waals surface area contributed by atoms with Crippen LogP contribution in [0.5, 0.6) is 0 Å². The van der Waals surface area contributed by atoms with Gasteiger partial charge in [0, 0.05) is 23.6 Å². The van der Waals surface area contributed by atoms with Gasteiger partial charge in [0.2, 0.25) is 0 Å². The standard InChI is InChI=1S/C13H10N2OS/c16-10-2-1-3-11-4-6-12(7-5-11)15-9-8-14-13(15)17/h4-10H,2H2,(H,14,17). The monoisotopic (exact) mass is 242 g/mol. The largest absolute Gasteiger partial charge is 0.337 e. The fourth-order valence-electron chi connectivity index (χ4n) is 1.42. The summed E-state index contributed by atoms with van der Waals surface area (Å²) < 4.78 is 2.53. The van der Waals surface area contributed by atoms with E-state index >= 15 is 0 Å². The molecule has 17 heavy (non-hydrogen) atoms. The number of aromatic amines is 1. The molecule has 0 fully saturated rings. The van der Waals surface area contributed by atoms with Crippen LogP contribution >= 0.6 is 12.2 Å². The fraction of sp³-hybridized carbons (Fsp3) is 0.0769. The Morgan fingerprint density at radius 3 is 2.71 bits per heavy atom. The lowest BCUT2D eigenvalue weighted by Crippen LogP contribution is -1.91. The minimum atomic E-state index is 0.268. The lowest BCUT2D eigenvalue weighted by Gasteiger charge is -2.01. The molecule has 0 atom stereocenters. The summed E-state index contributed by atoms with van der Waals surface area (Å²) in [5.41, 5.74) is 1.87. The third kappa shape index (κ3) is 2.71. The number of rotatable bonds is 2. The number of aromatic nitrogens is 2. The van der Waals surface area contributed by atoms with Gasteiger partial charge in [-0.2, -0.15) is 0 Å². The summed E-state index contributed by atoms with van der Waals surface area (Å²) in [5.74, 6) is 5.67. The molecule has 2 rings (SSSR count). The molecule has 3 nitrogen and oxygen atoms in total. The average Bonchev–Trinajstić information content (AvgIpc) is 2.77. The van der Waals surface area contributed by atoms with Crippen molar-refractivity contribution in [3.8, 4) is 17.5 Å². The Labute approximate surface area is 104 Å². The lowest BCUT2D eigenvalue weighted by molar-refractivity contribution is -0.107. The summed E-state index contributed by atoms with van der Waals surface area (Å²) in [6, 6.07) is 7.69. The molecule has 2 aromatic rings. The number of nitrogens with one attached hydrogen (secondary N) is 1. The minimum Gasteiger partial charge on any atom is -0.337 e. The van der Waals surface area contributed by atoms with E-state index in [1.165, 1.54) is 0 Å². The van der Waals surface area contributed by atoms with Crippen molar-refractivity contribution < 1.29 is 4.79 Å². The van der Waals surface area contributed by atoms with Crippen molar-refractivity contribution in [1.82, 2.24) is 9.55 Å². The highest BCUT2D eigenvalue weighted by Gasteiger charge is 1.96. The molecule has 0 amide bonds. The van der Waals surface area contributed by atoms with Crippen LogP contribution in [0, 0.1) is 16.6 Å². The maximum absolute atomic E-state index is 10.1. The highest BCUT2D eigenvalue weighted by Crippen LogP contribution is 2.09. The molecule has 0 spiro atoms. The van der Waals surface area contributed by atoms with Gasteiger partial charge in [0.25, 0.3) is 0 Å². The number of aldehydes is 1. The molecule has 0 bridgehead atoms. The predicted molar refractivity (Wildman–Crippen MR) is 68.5 cm³/mol. The number of carbonyl (C=O) groups is 1. The van der Waals surface area contributed by atoms with E-state index in [1.54, 1.807) is 6.20 Å². The molecule has 1 aromatic carbocycles. The maximum atomic E-state index is 10.1. The Bertz CT molecular complexity index is 626. The molecule has 0 unspecified atom stereocenters. The molecule has 0 aliphatic heterocycles. The molecule has 0 aliphatic rings. The molecule has 84 valence electrons. The van der Waals surface area contributed by atoms with Crippen molar-refractivity contribution in [2.75, 3.05) is 0 Å². The summed E-state index contributed by atoms with van der Waals surface area (Å²) in [5, 5.41) is 0. The first-order chi connectivity index (χ1) is 8.31. The molecular formula is C13H10N2OS. The fourth-order valence-corrected chi connectivity index (χ4v) is 1.66. The first-order valence-corrected chi connectivity index (χ1v) is 5.51. The Morgan fingerprint density at radius 1 is 1.35 bits per heavy atom. The summed E-state index contributed by atoms with van der Waals surface area (Å²) in [4.78, 5) is 13.1. The first-order valence-electron chi connectivity index (χ1n) is 5.10. The average molecular weight is 242 g/mol. The highest BCUT2D eigenvalue weighted by molar-refractivity contribution is 7.71. The number of carbonyl (C=O) groups excluding carboxylic acids is 1. The van der Waals surface area contributed by atoms with E-state index in [0.29, 0.717) is 4.77 Å². The van der Waals surface area contributed by atoms with E-state index in [1.807, 2.05) is 35.0 Å². The zero-order valence-corrected chi connectivity index (χ0v) is 9.83. The first kappa shape index (κ1) is 11.4. The molecule has 0 aliphatic carbocycles. The maximum Gasteiger partial charge on any atom is 0.181 e. The molecule has 0 saturated carbocycles. The van der Waals surface area contributed by atoms with Crippen molar-refractivity contribution in [3.63, 3.8) is 0 Å². The summed E-state index contributed by atoms with van der Waals surface area (Å²) in [6.45, 7) is 0. The quantitative estimate of drug-likeness (QED) is 0.499. The van der Waals surface area contributed by atoms with Gasteiger partial charge in [-0.25, -0.2) is 0 Å². The van der Waals surface area contributed by atoms with Crippen molar-refractivity contribution in [2.24, 2.45) is 0 Å². The third-order valence-corrected chi connectivity index (χ3v) is 2.53. The van der Waals surface area contributed by atoms with Gasteiger partial charge in [-0.15, -0.1) is 0 Å². The van der Waals surface area contributed by atoms with Gasteiger partial charge >= 0.3 is 0 Å². The van der Waals surface area contributed by atoms with Gasteiger partial charge in [0.1, 0.15) is 6.29 Å². The van der Waals surface area contributed by atoms with Crippen molar-refractivity contribution >= 4 is 18.5 Å². The smallest absolute Gasteiger partial charge is 0.181 e. The third-order valence-electron chi connectivity index (χ3n) is 2.21. The van der Waals surface area contributed by atoms with Crippen LogP contribution in [0.3, 0.4) is 0 Å². The number of hydrogen-bond donors (Lipinski definition) is 1. The highest BCUT2D eigenvalue weighted by atomic mass is 32.1. The second-order valence-electron chi connectivity index (χ2n) is 3.35. The molecule has 1 aromatic heterocycles. The molecular weight excluding hydrogens is 232 g/mol. The summed E-state index contributed by atoms with van der Waals surface area (Å²) in [7, 11) is 0. The molecule has 0 saturated heterocycles. The Balaban J connectivity index is 2.26. The minimum absolute atomic E-state index is 0.268. The van der Waals surface area contributed by atoms with Gasteiger partial charge in [-0.1, -0.05) is 11.8 Å². The van der Waals surface area contributed by atoms with Gasteiger partial charge in [-0.05, 0) is 36.5 Å². The van der Waals surface area contributed by atoms with Crippen LogP contribution in [-0.4, -0.2) is 15.8 Å². The number of nitrogens with zero attached hydrogens (tertiary/aromatic N) is 1. The number of hydrogen-bond acceptors (Lipinski definition) is 2. The SMILES string of the molecule is O=CCC#Cc1ccc(-n2cc[nH]c2=S)cc1. The lowest BCUT2D eigenvalue weighted by atomic mass is 10.2. The van der Waals surface area contributed by atoms with E-state index in [-0.39, 0.29) is 6.42 Å². The van der Waals surface area contributed by atoms with Gasteiger partial charge in [-0.3, -0.25) is 4.57 Å². The van der Waals surface area contributed by atoms with Crippen LogP contribution in [-0.2, 0) is 4.79 Å². The van der Waals surface area contributed by atoms with Crippen LogP contribution < -0.4 is 0 Å². The predicted octanol–water partition coefficient (Wildman–Crippen LogP) is 2.48. The van der Waals surface area contributed by atoms with Crippen molar-refractivity contribution in [2.45, 2.75) is 6.42 Å². The van der Waals surface area contributed by atoms with Crippen LogP contribution in [0.2, 0.25) is 0 Å². The Hall–Kier alpha value is -2.12. The van der Waals surface area contributed by atoms with Crippen LogP contribution in [0.4, 0.5) is 0 Å². The van der Waals surface area contributed by atoms with Gasteiger partial charge in [0.05, 0.1) is 6.42 Å². The normalized spacial score (nSPS) is 9.41. The van der Waals surface area contributed by atoms with Gasteiger partial charge < -0.3 is 9.78 Å². The van der Waals surface area contributed by atoms with Crippen molar-refractivity contribution in [1.29, 1.82) is 0 Å². The number of benzene rings is 1. The molecule has 0 radical (unpaired) electrons. The second-order valence-corrected chi connectivity index (χ2v) is 3.74. The zero-order chi connectivity index (χ0) is 12.1. The molecule has 4 heteroatoms. The van der Waals surface area contributed by atoms with E-state index in [9.17, 15) is 4.79 Å².